The second-order valence-electron chi connectivity index (χ2n) is 6.19. The van der Waals surface area contributed by atoms with Gasteiger partial charge in [-0.15, -0.1) is 10.0 Å². The lowest BCUT2D eigenvalue weighted by Crippen LogP contribution is -2.05. The van der Waals surface area contributed by atoms with Gasteiger partial charge in [0, 0.05) is 19.6 Å². The molecule has 0 aliphatic rings. The maximum absolute atomic E-state index is 9.50. The lowest BCUT2D eigenvalue weighted by Gasteiger charge is -2.42. The Bertz CT molecular complexity index is 971. The molecule has 4 aromatic carbocycles. The molecule has 0 heterocycles. The predicted molar refractivity (Wildman–Crippen MR) is 111 cm³/mol. The van der Waals surface area contributed by atoms with Crippen molar-refractivity contribution in [1.29, 1.82) is 5.26 Å². The van der Waals surface area contributed by atoms with Gasteiger partial charge in [-0.05, 0) is 54.6 Å². The molecule has 0 aliphatic heterocycles. The van der Waals surface area contributed by atoms with E-state index in [2.05, 4.69) is 103 Å². The Balaban J connectivity index is 2.15. The van der Waals surface area contributed by atoms with E-state index in [1.807, 2.05) is 18.2 Å². The van der Waals surface area contributed by atoms with Gasteiger partial charge in [0.15, 0.2) is 0 Å². The van der Waals surface area contributed by atoms with E-state index >= 15 is 0 Å². The van der Waals surface area contributed by atoms with Crippen molar-refractivity contribution in [2.75, 3.05) is 0 Å². The molecule has 27 heavy (non-hydrogen) atoms. The number of nitrogens with zero attached hydrogens (tertiary/aromatic N) is 1. The van der Waals surface area contributed by atoms with Crippen LogP contribution in [0.2, 0.25) is 0 Å². The summed E-state index contributed by atoms with van der Waals surface area (Å²) in [6, 6.07) is 42.3. The molecule has 0 unspecified atom stereocenters. The lowest BCUT2D eigenvalue weighted by atomic mass is 10.2. The standard InChI is InChI=1S/C25H19NS/c26-20-21-11-10-18-25(19-21)27(22-12-4-1-5-13-22,23-14-6-2-7-15-23)24-16-8-3-9-17-24/h1-19H. The fraction of sp³-hybridized carbons (Fsp3) is 0. The minimum atomic E-state index is -1.70. The van der Waals surface area contributed by atoms with Crippen molar-refractivity contribution < 1.29 is 0 Å². The molecular formula is C25H19NS. The van der Waals surface area contributed by atoms with E-state index < -0.39 is 10.0 Å². The Hall–Kier alpha value is -3.28. The highest BCUT2D eigenvalue weighted by molar-refractivity contribution is 8.34. The predicted octanol–water partition coefficient (Wildman–Crippen LogP) is 6.90. The number of hydrogen-bond donors (Lipinski definition) is 0. The van der Waals surface area contributed by atoms with Gasteiger partial charge in [-0.2, -0.15) is 5.26 Å². The van der Waals surface area contributed by atoms with Crippen molar-refractivity contribution in [2.45, 2.75) is 19.6 Å². The molecule has 130 valence electrons. The van der Waals surface area contributed by atoms with Crippen LogP contribution < -0.4 is 0 Å². The topological polar surface area (TPSA) is 23.8 Å². The molecule has 0 spiro atoms. The average Bonchev–Trinajstić information content (AvgIpc) is 2.77. The van der Waals surface area contributed by atoms with Gasteiger partial charge in [-0.25, -0.2) is 0 Å². The lowest BCUT2D eigenvalue weighted by molar-refractivity contribution is 1.24. The van der Waals surface area contributed by atoms with Crippen LogP contribution in [0.5, 0.6) is 0 Å². The first-order valence-electron chi connectivity index (χ1n) is 8.84. The van der Waals surface area contributed by atoms with E-state index in [-0.39, 0.29) is 0 Å². The first kappa shape index (κ1) is 17.1. The van der Waals surface area contributed by atoms with Crippen LogP contribution in [0.3, 0.4) is 0 Å². The third-order valence-electron chi connectivity index (χ3n) is 4.61. The first-order valence-corrected chi connectivity index (χ1v) is 10.5. The molecule has 0 aliphatic carbocycles. The van der Waals surface area contributed by atoms with Gasteiger partial charge in [-0.1, -0.05) is 60.7 Å². The van der Waals surface area contributed by atoms with Crippen LogP contribution in [0.25, 0.3) is 0 Å². The second kappa shape index (κ2) is 7.53. The van der Waals surface area contributed by atoms with E-state index in [4.69, 9.17) is 0 Å². The smallest absolute Gasteiger partial charge is 0.0992 e. The second-order valence-corrected chi connectivity index (χ2v) is 9.30. The quantitative estimate of drug-likeness (QED) is 0.386. The third-order valence-corrected chi connectivity index (χ3v) is 8.51. The van der Waals surface area contributed by atoms with Gasteiger partial charge < -0.3 is 0 Å². The fourth-order valence-corrected chi connectivity index (χ4v) is 7.36. The Labute approximate surface area is 161 Å². The van der Waals surface area contributed by atoms with Crippen LogP contribution in [0.15, 0.2) is 135 Å². The van der Waals surface area contributed by atoms with E-state index in [1.54, 1.807) is 0 Å². The number of hydrogen-bond acceptors (Lipinski definition) is 1. The normalized spacial score (nSPS) is 11.5. The Morgan fingerprint density at radius 2 is 0.889 bits per heavy atom. The van der Waals surface area contributed by atoms with Crippen molar-refractivity contribution in [3.63, 3.8) is 0 Å². The largest absolute Gasteiger partial charge is 0.192 e. The number of nitriles is 1. The van der Waals surface area contributed by atoms with Gasteiger partial charge in [0.2, 0.25) is 0 Å². The highest BCUT2D eigenvalue weighted by Gasteiger charge is 2.33. The van der Waals surface area contributed by atoms with Gasteiger partial charge in [0.25, 0.3) is 0 Å². The van der Waals surface area contributed by atoms with Gasteiger partial charge in [0.05, 0.1) is 11.6 Å². The number of rotatable bonds is 4. The molecule has 0 fully saturated rings. The van der Waals surface area contributed by atoms with E-state index in [9.17, 15) is 5.26 Å². The highest BCUT2D eigenvalue weighted by atomic mass is 32.3. The molecule has 4 aromatic rings. The molecule has 0 radical (unpaired) electrons. The Kier molecular flexibility index (Phi) is 4.78. The van der Waals surface area contributed by atoms with E-state index in [1.165, 1.54) is 19.6 Å². The molecule has 0 N–H and O–H groups in total. The van der Waals surface area contributed by atoms with Crippen molar-refractivity contribution in [1.82, 2.24) is 0 Å². The van der Waals surface area contributed by atoms with Gasteiger partial charge in [0.1, 0.15) is 0 Å². The molecular weight excluding hydrogens is 346 g/mol. The van der Waals surface area contributed by atoms with Crippen molar-refractivity contribution in [3.8, 4) is 6.07 Å². The summed E-state index contributed by atoms with van der Waals surface area (Å²) in [5, 5.41) is 9.50. The third kappa shape index (κ3) is 3.03. The molecule has 0 bridgehead atoms. The summed E-state index contributed by atoms with van der Waals surface area (Å²) in [6.07, 6.45) is 0. The van der Waals surface area contributed by atoms with Crippen LogP contribution in [-0.2, 0) is 0 Å². The molecule has 0 saturated carbocycles. The van der Waals surface area contributed by atoms with Crippen molar-refractivity contribution in [2.24, 2.45) is 0 Å². The summed E-state index contributed by atoms with van der Waals surface area (Å²) in [7, 11) is -1.70. The minimum absolute atomic E-state index is 0.687. The summed E-state index contributed by atoms with van der Waals surface area (Å²) >= 11 is 0. The summed E-state index contributed by atoms with van der Waals surface area (Å²) in [6.45, 7) is 0. The minimum Gasteiger partial charge on any atom is -0.192 e. The Morgan fingerprint density at radius 1 is 0.481 bits per heavy atom. The van der Waals surface area contributed by atoms with E-state index in [0.29, 0.717) is 5.56 Å². The van der Waals surface area contributed by atoms with Crippen LogP contribution in [0, 0.1) is 11.3 Å². The fourth-order valence-electron chi connectivity index (χ4n) is 3.45. The Morgan fingerprint density at radius 3 is 1.30 bits per heavy atom. The van der Waals surface area contributed by atoms with Gasteiger partial charge >= 0.3 is 0 Å². The molecule has 2 heteroatoms. The molecule has 0 amide bonds. The zero-order valence-electron chi connectivity index (χ0n) is 14.8. The van der Waals surface area contributed by atoms with Crippen LogP contribution in [-0.4, -0.2) is 0 Å². The molecule has 0 aromatic heterocycles. The average molecular weight is 366 g/mol. The summed E-state index contributed by atoms with van der Waals surface area (Å²) in [4.78, 5) is 4.96. The van der Waals surface area contributed by atoms with E-state index in [0.717, 1.165) is 0 Å². The van der Waals surface area contributed by atoms with Crippen LogP contribution in [0.4, 0.5) is 0 Å². The summed E-state index contributed by atoms with van der Waals surface area (Å²) in [5.41, 5.74) is 0.687. The van der Waals surface area contributed by atoms with Crippen molar-refractivity contribution >= 4 is 10.0 Å². The zero-order valence-corrected chi connectivity index (χ0v) is 15.6. The zero-order chi connectivity index (χ0) is 18.5. The van der Waals surface area contributed by atoms with Crippen molar-refractivity contribution in [3.05, 3.63) is 121 Å². The van der Waals surface area contributed by atoms with Gasteiger partial charge in [-0.3, -0.25) is 0 Å². The molecule has 1 nitrogen and oxygen atoms in total. The first-order chi connectivity index (χ1) is 13.4. The maximum Gasteiger partial charge on any atom is 0.0992 e. The molecule has 4 rings (SSSR count). The monoisotopic (exact) mass is 365 g/mol. The summed E-state index contributed by atoms with van der Waals surface area (Å²) in [5.74, 6) is 0. The number of benzene rings is 4. The molecule has 0 atom stereocenters. The molecule has 0 saturated heterocycles. The SMILES string of the molecule is N#Cc1cccc(S(c2ccccc2)(c2ccccc2)c2ccccc2)c1. The highest BCUT2D eigenvalue weighted by Crippen LogP contribution is 2.73. The summed E-state index contributed by atoms with van der Waals surface area (Å²) < 4.78 is 0. The maximum atomic E-state index is 9.50. The van der Waals surface area contributed by atoms with Crippen LogP contribution in [0.1, 0.15) is 5.56 Å². The van der Waals surface area contributed by atoms with Crippen LogP contribution >= 0.6 is 10.0 Å².